The highest BCUT2D eigenvalue weighted by molar-refractivity contribution is 9.10. The molecule has 1 aromatic heterocycles. The summed E-state index contributed by atoms with van der Waals surface area (Å²) in [6, 6.07) is 5.64. The molecule has 1 aromatic carbocycles. The quantitative estimate of drug-likeness (QED) is 0.620. The van der Waals surface area contributed by atoms with Gasteiger partial charge in [0.1, 0.15) is 5.75 Å². The molecule has 0 fully saturated rings. The van der Waals surface area contributed by atoms with Crippen molar-refractivity contribution in [3.63, 3.8) is 0 Å². The summed E-state index contributed by atoms with van der Waals surface area (Å²) in [5, 5.41) is 4.09. The Morgan fingerprint density at radius 1 is 1.50 bits per heavy atom. The van der Waals surface area contributed by atoms with Gasteiger partial charge < -0.3 is 4.74 Å². The second-order valence-electron chi connectivity index (χ2n) is 4.17. The third-order valence-corrected chi connectivity index (χ3v) is 3.34. The largest absolute Gasteiger partial charge is 0.496 e. The van der Waals surface area contributed by atoms with E-state index < -0.39 is 0 Å². The lowest BCUT2D eigenvalue weighted by Gasteiger charge is -2.04. The number of carbonyl (C=O) groups is 1. The van der Waals surface area contributed by atoms with Gasteiger partial charge in [0, 0.05) is 22.8 Å². The van der Waals surface area contributed by atoms with Gasteiger partial charge in [0.05, 0.1) is 18.9 Å². The molecule has 0 unspecified atom stereocenters. The zero-order valence-corrected chi connectivity index (χ0v) is 12.9. The van der Waals surface area contributed by atoms with E-state index in [-0.39, 0.29) is 5.78 Å². The number of methoxy groups -OCH3 is 1. The van der Waals surface area contributed by atoms with E-state index in [1.54, 1.807) is 30.3 Å². The first-order valence-corrected chi connectivity index (χ1v) is 7.01. The van der Waals surface area contributed by atoms with Gasteiger partial charge in [-0.15, -0.1) is 0 Å². The van der Waals surface area contributed by atoms with E-state index in [1.165, 1.54) is 6.08 Å². The van der Waals surface area contributed by atoms with Gasteiger partial charge in [0.2, 0.25) is 0 Å². The van der Waals surface area contributed by atoms with Crippen molar-refractivity contribution < 1.29 is 9.53 Å². The second-order valence-corrected chi connectivity index (χ2v) is 5.08. The molecule has 0 N–H and O–H groups in total. The molecule has 0 radical (unpaired) electrons. The first-order chi connectivity index (χ1) is 9.63. The Hall–Kier alpha value is -1.88. The van der Waals surface area contributed by atoms with Gasteiger partial charge in [-0.2, -0.15) is 5.10 Å². The highest BCUT2D eigenvalue weighted by Gasteiger charge is 2.06. The molecule has 2 rings (SSSR count). The number of aryl methyl sites for hydroxylation is 1. The van der Waals surface area contributed by atoms with Crippen molar-refractivity contribution in [3.8, 4) is 5.75 Å². The lowest BCUT2D eigenvalue weighted by molar-refractivity contribution is 0.104. The highest BCUT2D eigenvalue weighted by atomic mass is 79.9. The Bertz CT molecular complexity index is 647. The number of nitrogens with zero attached hydrogens (tertiary/aromatic N) is 2. The fourth-order valence-corrected chi connectivity index (χ4v) is 2.14. The fourth-order valence-electron chi connectivity index (χ4n) is 1.76. The number of allylic oxidation sites excluding steroid dienone is 1. The lowest BCUT2D eigenvalue weighted by Crippen LogP contribution is -1.94. The lowest BCUT2D eigenvalue weighted by atomic mass is 10.1. The predicted octanol–water partition coefficient (Wildman–Crippen LogP) is 3.57. The summed E-state index contributed by atoms with van der Waals surface area (Å²) in [7, 11) is 1.60. The smallest absolute Gasteiger partial charge is 0.189 e. The summed E-state index contributed by atoms with van der Waals surface area (Å²) in [5.74, 6) is 0.647. The zero-order valence-electron chi connectivity index (χ0n) is 11.3. The van der Waals surface area contributed by atoms with E-state index >= 15 is 0 Å². The summed E-state index contributed by atoms with van der Waals surface area (Å²) in [6.45, 7) is 2.72. The average molecular weight is 335 g/mol. The molecule has 0 aliphatic carbocycles. The molecule has 5 heteroatoms. The van der Waals surface area contributed by atoms with Crippen LogP contribution in [-0.4, -0.2) is 22.7 Å². The normalized spacial score (nSPS) is 10.9. The van der Waals surface area contributed by atoms with E-state index in [1.807, 2.05) is 25.1 Å². The number of rotatable bonds is 5. The Balaban J connectivity index is 2.20. The molecule has 4 nitrogen and oxygen atoms in total. The Labute approximate surface area is 126 Å². The van der Waals surface area contributed by atoms with E-state index in [2.05, 4.69) is 21.0 Å². The van der Waals surface area contributed by atoms with Crippen molar-refractivity contribution in [2.45, 2.75) is 13.5 Å². The number of halogens is 1. The van der Waals surface area contributed by atoms with Crippen LogP contribution in [0.25, 0.3) is 6.08 Å². The summed E-state index contributed by atoms with van der Waals surface area (Å²) in [4.78, 5) is 12.0. The molecule has 0 spiro atoms. The molecule has 0 saturated carbocycles. The Kier molecular flexibility index (Phi) is 4.74. The van der Waals surface area contributed by atoms with Crippen LogP contribution in [0, 0.1) is 0 Å². The highest BCUT2D eigenvalue weighted by Crippen LogP contribution is 2.24. The van der Waals surface area contributed by atoms with Gasteiger partial charge in [0.15, 0.2) is 5.78 Å². The Morgan fingerprint density at radius 3 is 2.95 bits per heavy atom. The van der Waals surface area contributed by atoms with Crippen molar-refractivity contribution in [2.75, 3.05) is 7.11 Å². The number of hydrogen-bond acceptors (Lipinski definition) is 3. The molecule has 104 valence electrons. The standard InChI is InChI=1S/C15H15BrN2O2/c1-3-18-10-12(9-17-18)14(19)6-4-11-8-13(16)5-7-15(11)20-2/h4-10H,3H2,1-2H3/b6-4+. The van der Waals surface area contributed by atoms with E-state index in [0.717, 1.165) is 22.3 Å². The van der Waals surface area contributed by atoms with Crippen molar-refractivity contribution in [3.05, 3.63) is 52.3 Å². The maximum atomic E-state index is 12.0. The summed E-state index contributed by atoms with van der Waals surface area (Å²) in [6.07, 6.45) is 6.59. The minimum Gasteiger partial charge on any atom is -0.496 e. The molecule has 20 heavy (non-hydrogen) atoms. The van der Waals surface area contributed by atoms with Crippen LogP contribution in [0.3, 0.4) is 0 Å². The second kappa shape index (κ2) is 6.52. The molecule has 1 heterocycles. The molecule has 0 atom stereocenters. The molecule has 0 bridgehead atoms. The first-order valence-electron chi connectivity index (χ1n) is 6.22. The van der Waals surface area contributed by atoms with Crippen molar-refractivity contribution in [1.82, 2.24) is 9.78 Å². The van der Waals surface area contributed by atoms with Crippen LogP contribution in [0.5, 0.6) is 5.75 Å². The van der Waals surface area contributed by atoms with Crippen LogP contribution >= 0.6 is 15.9 Å². The maximum Gasteiger partial charge on any atom is 0.189 e. The minimum absolute atomic E-state index is 0.0771. The number of carbonyl (C=O) groups excluding carboxylic acids is 1. The average Bonchev–Trinajstić information content (AvgIpc) is 2.94. The van der Waals surface area contributed by atoms with E-state index in [0.29, 0.717) is 5.56 Å². The van der Waals surface area contributed by atoms with Crippen LogP contribution in [0.2, 0.25) is 0 Å². The van der Waals surface area contributed by atoms with Crippen LogP contribution < -0.4 is 4.74 Å². The van der Waals surface area contributed by atoms with Crippen molar-refractivity contribution >= 4 is 27.8 Å². The van der Waals surface area contributed by atoms with Crippen LogP contribution in [0.4, 0.5) is 0 Å². The summed E-state index contributed by atoms with van der Waals surface area (Å²) < 4.78 is 7.92. The number of ether oxygens (including phenoxy) is 1. The third-order valence-electron chi connectivity index (χ3n) is 2.85. The van der Waals surface area contributed by atoms with Crippen LogP contribution in [0.1, 0.15) is 22.8 Å². The van der Waals surface area contributed by atoms with Gasteiger partial charge in [-0.05, 0) is 37.3 Å². The van der Waals surface area contributed by atoms with Gasteiger partial charge in [-0.25, -0.2) is 0 Å². The Morgan fingerprint density at radius 2 is 2.30 bits per heavy atom. The summed E-state index contributed by atoms with van der Waals surface area (Å²) in [5.41, 5.74) is 1.43. The van der Waals surface area contributed by atoms with Gasteiger partial charge in [-0.1, -0.05) is 15.9 Å². The molecule has 0 aliphatic heterocycles. The monoisotopic (exact) mass is 334 g/mol. The number of ketones is 1. The van der Waals surface area contributed by atoms with Crippen molar-refractivity contribution in [1.29, 1.82) is 0 Å². The van der Waals surface area contributed by atoms with Crippen LogP contribution in [0.15, 0.2) is 41.1 Å². The SMILES string of the molecule is CCn1cc(C(=O)/C=C/c2cc(Br)ccc2OC)cn1. The van der Waals surface area contributed by atoms with Gasteiger partial charge in [-0.3, -0.25) is 9.48 Å². The third kappa shape index (κ3) is 3.36. The molecule has 0 saturated heterocycles. The molecular formula is C15H15BrN2O2. The molecule has 0 aliphatic rings. The fraction of sp³-hybridized carbons (Fsp3) is 0.200. The first kappa shape index (κ1) is 14.5. The predicted molar refractivity (Wildman–Crippen MR) is 82.0 cm³/mol. The van der Waals surface area contributed by atoms with Gasteiger partial charge in [0.25, 0.3) is 0 Å². The summed E-state index contributed by atoms with van der Waals surface area (Å²) >= 11 is 3.40. The maximum absolute atomic E-state index is 12.0. The van der Waals surface area contributed by atoms with Crippen LogP contribution in [-0.2, 0) is 6.54 Å². The van der Waals surface area contributed by atoms with E-state index in [9.17, 15) is 4.79 Å². The van der Waals surface area contributed by atoms with E-state index in [4.69, 9.17) is 4.74 Å². The number of hydrogen-bond donors (Lipinski definition) is 0. The zero-order chi connectivity index (χ0) is 14.5. The number of aromatic nitrogens is 2. The van der Waals surface area contributed by atoms with Gasteiger partial charge >= 0.3 is 0 Å². The molecule has 2 aromatic rings. The number of benzene rings is 1. The molecular weight excluding hydrogens is 320 g/mol. The minimum atomic E-state index is -0.0771. The molecule has 0 amide bonds. The van der Waals surface area contributed by atoms with Crippen molar-refractivity contribution in [2.24, 2.45) is 0 Å². The topological polar surface area (TPSA) is 44.1 Å².